The van der Waals surface area contributed by atoms with Crippen LogP contribution in [0.25, 0.3) is 0 Å². The van der Waals surface area contributed by atoms with Crippen LogP contribution in [0.2, 0.25) is 5.28 Å². The third-order valence-electron chi connectivity index (χ3n) is 0.631. The summed E-state index contributed by atoms with van der Waals surface area (Å²) in [4.78, 5) is 0. The minimum absolute atomic E-state index is 0. The van der Waals surface area contributed by atoms with Crippen LogP contribution in [-0.2, 0) is 0 Å². The Hall–Kier alpha value is 1.07. The summed E-state index contributed by atoms with van der Waals surface area (Å²) in [6, 6.07) is 0. The van der Waals surface area contributed by atoms with Gasteiger partial charge in [0.25, 0.3) is 0 Å². The zero-order valence-corrected chi connectivity index (χ0v) is 7.80. The zero-order valence-electron chi connectivity index (χ0n) is 5.02. The molecule has 0 heterocycles. The van der Waals surface area contributed by atoms with Crippen molar-refractivity contribution in [2.45, 2.75) is 11.7 Å². The average molecular weight is 172 g/mol. The first kappa shape index (κ1) is 16.0. The lowest BCUT2D eigenvalue weighted by Gasteiger charge is -1.90. The van der Waals surface area contributed by atoms with Gasteiger partial charge in [-0.2, -0.15) is 0 Å². The van der Waals surface area contributed by atoms with E-state index in [0.717, 1.165) is 6.54 Å². The first-order chi connectivity index (χ1) is 2.91. The molecule has 1 nitrogen and oxygen atoms in total. The SMILES string of the molecule is CNCC[CH2][Al].Cl.Cl. The van der Waals surface area contributed by atoms with E-state index in [9.17, 15) is 0 Å². The largest absolute Gasteiger partial charge is 0.320 e. The van der Waals surface area contributed by atoms with Gasteiger partial charge in [-0.05, 0) is 13.6 Å². The van der Waals surface area contributed by atoms with Gasteiger partial charge in [0, 0.05) is 0 Å². The maximum absolute atomic E-state index is 3.06. The van der Waals surface area contributed by atoms with Crippen molar-refractivity contribution in [2.24, 2.45) is 0 Å². The number of hydrogen-bond donors (Lipinski definition) is 1. The lowest BCUT2D eigenvalue weighted by molar-refractivity contribution is 0.771. The van der Waals surface area contributed by atoms with Crippen LogP contribution in [0.5, 0.6) is 0 Å². The first-order valence-electron chi connectivity index (χ1n) is 2.26. The molecule has 0 amide bonds. The predicted molar refractivity (Wildman–Crippen MR) is 43.6 cm³/mol. The zero-order chi connectivity index (χ0) is 4.83. The van der Waals surface area contributed by atoms with Crippen LogP contribution >= 0.6 is 24.8 Å². The quantitative estimate of drug-likeness (QED) is 0.495. The highest BCUT2D eigenvalue weighted by atomic mass is 35.5. The van der Waals surface area contributed by atoms with Gasteiger partial charge in [0.1, 0.15) is 16.3 Å². The van der Waals surface area contributed by atoms with Gasteiger partial charge in [0.2, 0.25) is 0 Å². The van der Waals surface area contributed by atoms with E-state index in [1.54, 1.807) is 0 Å². The summed E-state index contributed by atoms with van der Waals surface area (Å²) in [5.41, 5.74) is 0. The first-order valence-corrected chi connectivity index (χ1v) is 3.08. The Morgan fingerprint density at radius 2 is 1.88 bits per heavy atom. The summed E-state index contributed by atoms with van der Waals surface area (Å²) in [6.45, 7) is 1.14. The number of nitrogens with one attached hydrogen (secondary N) is 1. The fraction of sp³-hybridized carbons (Fsp3) is 1.00. The molecule has 50 valence electrons. The van der Waals surface area contributed by atoms with Gasteiger partial charge in [0.15, 0.2) is 0 Å². The van der Waals surface area contributed by atoms with Crippen molar-refractivity contribution in [3.8, 4) is 0 Å². The summed E-state index contributed by atoms with van der Waals surface area (Å²) < 4.78 is 0. The molecular weight excluding hydrogens is 160 g/mol. The van der Waals surface area contributed by atoms with E-state index in [1.165, 1.54) is 11.7 Å². The van der Waals surface area contributed by atoms with Crippen molar-refractivity contribution in [2.75, 3.05) is 13.6 Å². The highest BCUT2D eigenvalue weighted by molar-refractivity contribution is 6.08. The van der Waals surface area contributed by atoms with Gasteiger partial charge in [-0.3, -0.25) is 0 Å². The summed E-state index contributed by atoms with van der Waals surface area (Å²) in [5.74, 6) is 0. The molecule has 2 radical (unpaired) electrons. The van der Waals surface area contributed by atoms with Crippen molar-refractivity contribution < 1.29 is 0 Å². The van der Waals surface area contributed by atoms with Gasteiger partial charge in [-0.15, -0.1) is 30.1 Å². The lowest BCUT2D eigenvalue weighted by Crippen LogP contribution is -2.06. The molecule has 0 unspecified atom stereocenters. The van der Waals surface area contributed by atoms with E-state index < -0.39 is 0 Å². The third kappa shape index (κ3) is 15.7. The number of rotatable bonds is 3. The van der Waals surface area contributed by atoms with E-state index in [-0.39, 0.29) is 24.8 Å². The molecule has 0 rings (SSSR count). The van der Waals surface area contributed by atoms with E-state index in [2.05, 4.69) is 21.6 Å². The molecule has 0 aliphatic carbocycles. The second-order valence-corrected chi connectivity index (χ2v) is 1.82. The molecule has 0 aliphatic heterocycles. The lowest BCUT2D eigenvalue weighted by atomic mass is 10.5. The second-order valence-electron chi connectivity index (χ2n) is 1.25. The van der Waals surface area contributed by atoms with Crippen molar-refractivity contribution in [1.82, 2.24) is 5.32 Å². The van der Waals surface area contributed by atoms with Crippen LogP contribution < -0.4 is 5.32 Å². The molecule has 0 saturated carbocycles. The minimum Gasteiger partial charge on any atom is -0.320 e. The topological polar surface area (TPSA) is 12.0 Å². The molecule has 0 aliphatic rings. The van der Waals surface area contributed by atoms with Gasteiger partial charge >= 0.3 is 0 Å². The third-order valence-corrected chi connectivity index (χ3v) is 1.04. The number of halogens is 2. The van der Waals surface area contributed by atoms with E-state index in [0.29, 0.717) is 0 Å². The van der Waals surface area contributed by atoms with Crippen LogP contribution in [-0.4, -0.2) is 29.9 Å². The second kappa shape index (κ2) is 15.7. The smallest absolute Gasteiger partial charge is 0.118 e. The van der Waals surface area contributed by atoms with Gasteiger partial charge in [-0.1, -0.05) is 6.42 Å². The molecule has 1 N–H and O–H groups in total. The van der Waals surface area contributed by atoms with Crippen molar-refractivity contribution in [3.63, 3.8) is 0 Å². The average Bonchev–Trinajstić information content (AvgIpc) is 1.61. The Kier molecular flexibility index (Phi) is 31.5. The molecule has 0 atom stereocenters. The van der Waals surface area contributed by atoms with Crippen molar-refractivity contribution >= 4 is 41.1 Å². The summed E-state index contributed by atoms with van der Waals surface area (Å²) in [6.07, 6.45) is 1.27. The van der Waals surface area contributed by atoms with Crippen LogP contribution in [0.3, 0.4) is 0 Å². The van der Waals surface area contributed by atoms with Crippen LogP contribution in [0.4, 0.5) is 0 Å². The van der Waals surface area contributed by atoms with Crippen LogP contribution in [0.15, 0.2) is 0 Å². The van der Waals surface area contributed by atoms with E-state index in [4.69, 9.17) is 0 Å². The highest BCUT2D eigenvalue weighted by Crippen LogP contribution is 1.76. The standard InChI is InChI=1S/C4H10N.Al.2ClH/c1-3-4-5-2;;;/h5H,1,3-4H2,2H3;;2*1H. The molecule has 0 aromatic carbocycles. The predicted octanol–water partition coefficient (Wildman–Crippen LogP) is 1.03. The van der Waals surface area contributed by atoms with Gasteiger partial charge in [0.05, 0.1) is 0 Å². The monoisotopic (exact) mass is 171 g/mol. The van der Waals surface area contributed by atoms with Crippen LogP contribution in [0.1, 0.15) is 6.42 Å². The minimum atomic E-state index is 0. The molecule has 0 aromatic rings. The molecular formula is C4H12AlCl2N. The Morgan fingerprint density at radius 3 is 2.00 bits per heavy atom. The fourth-order valence-corrected chi connectivity index (χ4v) is 0.483. The number of hydrogen-bond acceptors (Lipinski definition) is 1. The molecule has 0 fully saturated rings. The maximum Gasteiger partial charge on any atom is 0.118 e. The summed E-state index contributed by atoms with van der Waals surface area (Å²) in [5, 5.41) is 4.26. The van der Waals surface area contributed by atoms with Gasteiger partial charge < -0.3 is 5.32 Å². The fourth-order valence-electron chi connectivity index (χ4n) is 0.279. The Bertz CT molecular complexity index is 26.0. The molecule has 0 saturated heterocycles. The van der Waals surface area contributed by atoms with E-state index >= 15 is 0 Å². The highest BCUT2D eigenvalue weighted by Gasteiger charge is 1.73. The van der Waals surface area contributed by atoms with Gasteiger partial charge in [-0.25, -0.2) is 0 Å². The van der Waals surface area contributed by atoms with E-state index in [1.807, 2.05) is 7.05 Å². The Labute approximate surface area is 71.9 Å². The molecule has 4 heteroatoms. The molecule has 0 bridgehead atoms. The molecule has 0 aromatic heterocycles. The van der Waals surface area contributed by atoms with Crippen molar-refractivity contribution in [3.05, 3.63) is 0 Å². The maximum atomic E-state index is 3.06. The van der Waals surface area contributed by atoms with Crippen LogP contribution in [0, 0.1) is 0 Å². The summed E-state index contributed by atoms with van der Waals surface area (Å²) >= 11 is 2.69. The Balaban J connectivity index is -0.000000125. The molecule has 0 spiro atoms. The molecule has 8 heavy (non-hydrogen) atoms. The normalized spacial score (nSPS) is 6.62. The summed E-state index contributed by atoms with van der Waals surface area (Å²) in [7, 11) is 1.97. The van der Waals surface area contributed by atoms with Crippen molar-refractivity contribution in [1.29, 1.82) is 0 Å². The Morgan fingerprint density at radius 1 is 1.38 bits per heavy atom.